The second-order valence-electron chi connectivity index (χ2n) is 8.31. The van der Waals surface area contributed by atoms with E-state index in [0.29, 0.717) is 12.5 Å². The monoisotopic (exact) mass is 428 g/mol. The Kier molecular flexibility index (Phi) is 5.84. The SMILES string of the molecule is Cc1nc(-n2cc3c(n2)CCOc2cc(C4CCNCC4)ccc2-3)n(C(C)C)n1.Cl. The van der Waals surface area contributed by atoms with Gasteiger partial charge < -0.3 is 10.1 Å². The Balaban J connectivity index is 0.00000218. The third-order valence-corrected chi connectivity index (χ3v) is 5.91. The summed E-state index contributed by atoms with van der Waals surface area (Å²) in [4.78, 5) is 4.62. The van der Waals surface area contributed by atoms with Gasteiger partial charge in [-0.3, -0.25) is 0 Å². The fraction of sp³-hybridized carbons (Fsp3) is 0.500. The molecule has 30 heavy (non-hydrogen) atoms. The summed E-state index contributed by atoms with van der Waals surface area (Å²) in [5.41, 5.74) is 4.68. The van der Waals surface area contributed by atoms with Crippen LogP contribution in [-0.4, -0.2) is 44.2 Å². The molecule has 3 aromatic rings. The first-order chi connectivity index (χ1) is 14.1. The van der Waals surface area contributed by atoms with Crippen molar-refractivity contribution in [1.29, 1.82) is 0 Å². The Labute approximate surface area is 183 Å². The van der Waals surface area contributed by atoms with Gasteiger partial charge in [0.1, 0.15) is 11.6 Å². The van der Waals surface area contributed by atoms with Crippen molar-refractivity contribution in [3.05, 3.63) is 41.5 Å². The lowest BCUT2D eigenvalue weighted by atomic mass is 9.89. The van der Waals surface area contributed by atoms with Crippen LogP contribution in [0.25, 0.3) is 17.1 Å². The van der Waals surface area contributed by atoms with Gasteiger partial charge in [-0.15, -0.1) is 12.4 Å². The minimum atomic E-state index is 0. The van der Waals surface area contributed by atoms with Crippen LogP contribution in [0, 0.1) is 6.92 Å². The zero-order valence-corrected chi connectivity index (χ0v) is 18.6. The van der Waals surface area contributed by atoms with E-state index in [9.17, 15) is 0 Å². The van der Waals surface area contributed by atoms with Gasteiger partial charge >= 0.3 is 0 Å². The molecule has 8 heteroatoms. The number of nitrogens with zero attached hydrogens (tertiary/aromatic N) is 5. The van der Waals surface area contributed by atoms with Crippen LogP contribution >= 0.6 is 12.4 Å². The molecule has 0 atom stereocenters. The van der Waals surface area contributed by atoms with E-state index in [1.54, 1.807) is 0 Å². The number of fused-ring (bicyclic) bond motifs is 3. The van der Waals surface area contributed by atoms with E-state index < -0.39 is 0 Å². The lowest BCUT2D eigenvalue weighted by Gasteiger charge is -2.23. The van der Waals surface area contributed by atoms with Gasteiger partial charge in [-0.05, 0) is 64.3 Å². The van der Waals surface area contributed by atoms with Gasteiger partial charge in [-0.25, -0.2) is 9.36 Å². The molecule has 0 saturated carbocycles. The maximum absolute atomic E-state index is 6.13. The van der Waals surface area contributed by atoms with Gasteiger partial charge in [-0.2, -0.15) is 15.2 Å². The lowest BCUT2D eigenvalue weighted by Crippen LogP contribution is -2.26. The number of halogens is 1. The van der Waals surface area contributed by atoms with Crippen molar-refractivity contribution in [2.75, 3.05) is 19.7 Å². The van der Waals surface area contributed by atoms with Gasteiger partial charge in [-0.1, -0.05) is 12.1 Å². The molecule has 1 aromatic carbocycles. The van der Waals surface area contributed by atoms with E-state index in [0.717, 1.165) is 53.9 Å². The molecule has 0 spiro atoms. The number of aryl methyl sites for hydroxylation is 1. The highest BCUT2D eigenvalue weighted by molar-refractivity contribution is 5.85. The number of ether oxygens (including phenoxy) is 1. The van der Waals surface area contributed by atoms with Gasteiger partial charge in [0.25, 0.3) is 0 Å². The molecule has 1 saturated heterocycles. The van der Waals surface area contributed by atoms with Crippen molar-refractivity contribution in [1.82, 2.24) is 29.9 Å². The van der Waals surface area contributed by atoms with E-state index in [4.69, 9.17) is 9.84 Å². The molecule has 7 nitrogen and oxygen atoms in total. The van der Waals surface area contributed by atoms with Crippen LogP contribution in [0.1, 0.15) is 55.7 Å². The van der Waals surface area contributed by atoms with Gasteiger partial charge in [0.05, 0.1) is 18.3 Å². The summed E-state index contributed by atoms with van der Waals surface area (Å²) < 4.78 is 9.94. The molecule has 0 amide bonds. The predicted molar refractivity (Wildman–Crippen MR) is 119 cm³/mol. The quantitative estimate of drug-likeness (QED) is 0.686. The fourth-order valence-corrected chi connectivity index (χ4v) is 4.39. The van der Waals surface area contributed by atoms with Crippen molar-refractivity contribution in [3.63, 3.8) is 0 Å². The number of hydrogen-bond donors (Lipinski definition) is 1. The standard InChI is InChI=1S/C22H28N6O.ClH/c1-14(2)28-22(24-15(3)25-28)27-13-19-18-5-4-17(16-6-9-23-10-7-16)12-21(18)29-11-8-20(19)26-27;/h4-5,12-14,16,23H,6-11H2,1-3H3;1H. The maximum atomic E-state index is 6.13. The minimum absolute atomic E-state index is 0. The second kappa shape index (κ2) is 8.40. The molecule has 2 aromatic heterocycles. The van der Waals surface area contributed by atoms with Crippen LogP contribution in [-0.2, 0) is 6.42 Å². The predicted octanol–water partition coefficient (Wildman–Crippen LogP) is 3.84. The average molecular weight is 429 g/mol. The van der Waals surface area contributed by atoms with Crippen LogP contribution < -0.4 is 10.1 Å². The summed E-state index contributed by atoms with van der Waals surface area (Å²) in [7, 11) is 0. The van der Waals surface area contributed by atoms with Crippen LogP contribution in [0.2, 0.25) is 0 Å². The molecule has 0 radical (unpaired) electrons. The molecule has 0 aliphatic carbocycles. The summed E-state index contributed by atoms with van der Waals surface area (Å²) in [5, 5.41) is 12.8. The Morgan fingerprint density at radius 1 is 1.13 bits per heavy atom. The lowest BCUT2D eigenvalue weighted by molar-refractivity contribution is 0.323. The molecule has 1 N–H and O–H groups in total. The van der Waals surface area contributed by atoms with Crippen molar-refractivity contribution < 1.29 is 4.74 Å². The highest BCUT2D eigenvalue weighted by Crippen LogP contribution is 2.38. The van der Waals surface area contributed by atoms with Crippen molar-refractivity contribution in [2.24, 2.45) is 0 Å². The summed E-state index contributed by atoms with van der Waals surface area (Å²) in [5.74, 6) is 3.11. The van der Waals surface area contributed by atoms with Gasteiger partial charge in [0.2, 0.25) is 5.95 Å². The number of piperidine rings is 1. The fourth-order valence-electron chi connectivity index (χ4n) is 4.39. The van der Waals surface area contributed by atoms with E-state index in [1.807, 2.05) is 16.3 Å². The first-order valence-electron chi connectivity index (χ1n) is 10.6. The van der Waals surface area contributed by atoms with E-state index >= 15 is 0 Å². The number of rotatable bonds is 3. The first-order valence-corrected chi connectivity index (χ1v) is 10.6. The zero-order chi connectivity index (χ0) is 20.0. The Bertz CT molecular complexity index is 1030. The smallest absolute Gasteiger partial charge is 0.249 e. The Hall–Kier alpha value is -2.38. The number of nitrogens with one attached hydrogen (secondary N) is 1. The highest BCUT2D eigenvalue weighted by atomic mass is 35.5. The highest BCUT2D eigenvalue weighted by Gasteiger charge is 2.24. The van der Waals surface area contributed by atoms with E-state index in [1.165, 1.54) is 18.4 Å². The largest absolute Gasteiger partial charge is 0.493 e. The molecule has 5 rings (SSSR count). The molecule has 0 bridgehead atoms. The van der Waals surface area contributed by atoms with Crippen molar-refractivity contribution in [3.8, 4) is 22.8 Å². The number of aromatic nitrogens is 5. The molecule has 4 heterocycles. The summed E-state index contributed by atoms with van der Waals surface area (Å²) in [6.07, 6.45) is 5.24. The van der Waals surface area contributed by atoms with E-state index in [2.05, 4.69) is 53.6 Å². The first kappa shape index (κ1) is 20.9. The molecular formula is C22H29ClN6O. The Morgan fingerprint density at radius 3 is 2.70 bits per heavy atom. The minimum Gasteiger partial charge on any atom is -0.493 e. The van der Waals surface area contributed by atoms with E-state index in [-0.39, 0.29) is 18.4 Å². The van der Waals surface area contributed by atoms with Crippen LogP contribution in [0.3, 0.4) is 0 Å². The summed E-state index contributed by atoms with van der Waals surface area (Å²) in [6.45, 7) is 8.96. The second-order valence-corrected chi connectivity index (χ2v) is 8.31. The zero-order valence-electron chi connectivity index (χ0n) is 17.8. The molecular weight excluding hydrogens is 400 g/mol. The average Bonchev–Trinajstić information content (AvgIpc) is 3.28. The third kappa shape index (κ3) is 3.72. The van der Waals surface area contributed by atoms with Crippen LogP contribution in [0.5, 0.6) is 5.75 Å². The van der Waals surface area contributed by atoms with Gasteiger partial charge in [0.15, 0.2) is 0 Å². The molecule has 160 valence electrons. The Morgan fingerprint density at radius 2 is 1.93 bits per heavy atom. The number of benzene rings is 1. The summed E-state index contributed by atoms with van der Waals surface area (Å²) >= 11 is 0. The van der Waals surface area contributed by atoms with Crippen molar-refractivity contribution >= 4 is 12.4 Å². The molecule has 2 aliphatic rings. The normalized spacial score (nSPS) is 16.4. The third-order valence-electron chi connectivity index (χ3n) is 5.91. The van der Waals surface area contributed by atoms with Crippen LogP contribution in [0.4, 0.5) is 0 Å². The molecule has 1 fully saturated rings. The maximum Gasteiger partial charge on any atom is 0.249 e. The number of hydrogen-bond acceptors (Lipinski definition) is 5. The van der Waals surface area contributed by atoms with Crippen LogP contribution in [0.15, 0.2) is 24.4 Å². The molecule has 2 aliphatic heterocycles. The molecule has 0 unspecified atom stereocenters. The van der Waals surface area contributed by atoms with Gasteiger partial charge in [0, 0.05) is 23.7 Å². The van der Waals surface area contributed by atoms with Crippen molar-refractivity contribution in [2.45, 2.75) is 52.0 Å². The topological polar surface area (TPSA) is 69.8 Å². The summed E-state index contributed by atoms with van der Waals surface area (Å²) in [6, 6.07) is 6.95.